The molecule has 0 aliphatic carbocycles. The fourth-order valence-corrected chi connectivity index (χ4v) is 2.35. The second-order valence-electron chi connectivity index (χ2n) is 5.08. The highest BCUT2D eigenvalue weighted by Crippen LogP contribution is 2.46. The summed E-state index contributed by atoms with van der Waals surface area (Å²) in [5.74, 6) is -2.75. The molecule has 1 amide bonds. The van der Waals surface area contributed by atoms with Crippen molar-refractivity contribution in [3.05, 3.63) is 0 Å². The maximum atomic E-state index is 13.5. The van der Waals surface area contributed by atoms with Crippen LogP contribution in [0.25, 0.3) is 0 Å². The normalized spacial score (nSPS) is 26.2. The van der Waals surface area contributed by atoms with Gasteiger partial charge in [-0.3, -0.25) is 4.79 Å². The minimum Gasteiger partial charge on any atom is -0.340 e. The van der Waals surface area contributed by atoms with Gasteiger partial charge in [-0.25, -0.2) is 8.78 Å². The van der Waals surface area contributed by atoms with Crippen LogP contribution in [0, 0.1) is 5.41 Å². The number of hydrogen-bond acceptors (Lipinski definition) is 3. The van der Waals surface area contributed by atoms with Crippen molar-refractivity contribution >= 4 is 5.91 Å². The molecule has 16 heavy (non-hydrogen) atoms. The summed E-state index contributed by atoms with van der Waals surface area (Å²) in [6.07, 6.45) is 0. The van der Waals surface area contributed by atoms with Crippen molar-refractivity contribution in [2.45, 2.75) is 5.92 Å². The molecule has 2 aliphatic rings. The van der Waals surface area contributed by atoms with E-state index in [-0.39, 0.29) is 32.1 Å². The zero-order valence-electron chi connectivity index (χ0n) is 9.59. The van der Waals surface area contributed by atoms with Crippen LogP contribution in [0.2, 0.25) is 0 Å². The molecule has 0 unspecified atom stereocenters. The maximum Gasteiger partial charge on any atom is 0.270 e. The Labute approximate surface area is 93.6 Å². The van der Waals surface area contributed by atoms with Gasteiger partial charge in [-0.2, -0.15) is 0 Å². The zero-order valence-corrected chi connectivity index (χ0v) is 9.59. The van der Waals surface area contributed by atoms with Crippen LogP contribution in [0.15, 0.2) is 0 Å². The van der Waals surface area contributed by atoms with E-state index in [0.29, 0.717) is 6.54 Å². The molecule has 2 heterocycles. The van der Waals surface area contributed by atoms with Crippen LogP contribution < -0.4 is 5.32 Å². The minimum absolute atomic E-state index is 0.0710. The Hall–Kier alpha value is -0.750. The first-order valence-electron chi connectivity index (χ1n) is 5.37. The van der Waals surface area contributed by atoms with Gasteiger partial charge in [0.15, 0.2) is 0 Å². The van der Waals surface area contributed by atoms with Crippen molar-refractivity contribution in [3.8, 4) is 0 Å². The largest absolute Gasteiger partial charge is 0.340 e. The van der Waals surface area contributed by atoms with E-state index in [1.165, 1.54) is 4.90 Å². The third-order valence-corrected chi connectivity index (χ3v) is 3.38. The average Bonchev–Trinajstić information content (AvgIpc) is 2.36. The molecule has 0 aromatic rings. The Morgan fingerprint density at radius 3 is 2.44 bits per heavy atom. The number of halogens is 2. The highest BCUT2D eigenvalue weighted by atomic mass is 19.3. The van der Waals surface area contributed by atoms with Gasteiger partial charge >= 0.3 is 0 Å². The molecule has 2 rings (SSSR count). The Kier molecular flexibility index (Phi) is 2.66. The second kappa shape index (κ2) is 3.63. The molecule has 4 nitrogen and oxygen atoms in total. The highest BCUT2D eigenvalue weighted by Gasteiger charge is 2.63. The van der Waals surface area contributed by atoms with Crippen molar-refractivity contribution in [3.63, 3.8) is 0 Å². The Bertz CT molecular complexity index is 300. The molecule has 0 aromatic carbocycles. The van der Waals surface area contributed by atoms with Crippen LogP contribution in [0.3, 0.4) is 0 Å². The lowest BCUT2D eigenvalue weighted by Crippen LogP contribution is -2.66. The van der Waals surface area contributed by atoms with Crippen LogP contribution in [0.4, 0.5) is 8.78 Å². The number of nitrogens with zero attached hydrogens (tertiary/aromatic N) is 2. The van der Waals surface area contributed by atoms with Gasteiger partial charge in [0.05, 0.1) is 18.5 Å². The molecule has 2 saturated heterocycles. The van der Waals surface area contributed by atoms with Gasteiger partial charge in [-0.05, 0) is 14.1 Å². The van der Waals surface area contributed by atoms with E-state index in [2.05, 4.69) is 5.32 Å². The summed E-state index contributed by atoms with van der Waals surface area (Å²) in [7, 11) is 3.58. The van der Waals surface area contributed by atoms with Gasteiger partial charge in [0, 0.05) is 19.6 Å². The number of likely N-dealkylation sites (N-methyl/N-ethyl adjacent to an activating group) is 1. The van der Waals surface area contributed by atoms with Crippen LogP contribution in [0.1, 0.15) is 0 Å². The maximum absolute atomic E-state index is 13.5. The first kappa shape index (κ1) is 11.7. The van der Waals surface area contributed by atoms with Crippen molar-refractivity contribution < 1.29 is 13.6 Å². The van der Waals surface area contributed by atoms with Crippen molar-refractivity contribution in [2.75, 3.05) is 46.8 Å². The average molecular weight is 233 g/mol. The second-order valence-corrected chi connectivity index (χ2v) is 5.08. The summed E-state index contributed by atoms with van der Waals surface area (Å²) in [5, 5.41) is 2.71. The van der Waals surface area contributed by atoms with Crippen LogP contribution in [-0.4, -0.2) is 68.4 Å². The van der Waals surface area contributed by atoms with Gasteiger partial charge < -0.3 is 15.1 Å². The molecular weight excluding hydrogens is 216 g/mol. The third kappa shape index (κ3) is 1.69. The number of carbonyl (C=O) groups is 1. The number of amides is 1. The molecule has 2 aliphatic heterocycles. The molecule has 2 fully saturated rings. The quantitative estimate of drug-likeness (QED) is 0.706. The van der Waals surface area contributed by atoms with Gasteiger partial charge in [0.1, 0.15) is 0 Å². The number of carbonyl (C=O) groups excluding carboxylic acids is 1. The van der Waals surface area contributed by atoms with Gasteiger partial charge in [0.25, 0.3) is 5.92 Å². The molecule has 92 valence electrons. The molecule has 0 bridgehead atoms. The predicted octanol–water partition coefficient (Wildman–Crippen LogP) is -0.385. The first-order chi connectivity index (χ1) is 7.36. The minimum atomic E-state index is -2.68. The van der Waals surface area contributed by atoms with Crippen molar-refractivity contribution in [2.24, 2.45) is 5.41 Å². The van der Waals surface area contributed by atoms with E-state index in [0.717, 1.165) is 0 Å². The molecule has 0 atom stereocenters. The molecule has 1 N–H and O–H groups in total. The Balaban J connectivity index is 1.92. The lowest BCUT2D eigenvalue weighted by Gasteiger charge is -2.50. The fraction of sp³-hybridized carbons (Fsp3) is 0.900. The molecule has 0 aromatic heterocycles. The fourth-order valence-electron chi connectivity index (χ4n) is 2.35. The van der Waals surface area contributed by atoms with Gasteiger partial charge in [-0.15, -0.1) is 0 Å². The van der Waals surface area contributed by atoms with Gasteiger partial charge in [-0.1, -0.05) is 0 Å². The van der Waals surface area contributed by atoms with E-state index in [1.807, 2.05) is 0 Å². The van der Waals surface area contributed by atoms with Crippen molar-refractivity contribution in [1.82, 2.24) is 15.1 Å². The van der Waals surface area contributed by atoms with E-state index < -0.39 is 11.3 Å². The van der Waals surface area contributed by atoms with Gasteiger partial charge in [0.2, 0.25) is 5.91 Å². The number of rotatable bonds is 2. The first-order valence-corrected chi connectivity index (χ1v) is 5.37. The summed E-state index contributed by atoms with van der Waals surface area (Å²) in [4.78, 5) is 14.9. The number of alkyl halides is 2. The lowest BCUT2D eigenvalue weighted by atomic mass is 9.76. The Morgan fingerprint density at radius 2 is 2.00 bits per heavy atom. The molecular formula is C10H17F2N3O. The van der Waals surface area contributed by atoms with E-state index in [4.69, 9.17) is 0 Å². The summed E-state index contributed by atoms with van der Waals surface area (Å²) >= 11 is 0. The van der Waals surface area contributed by atoms with E-state index in [9.17, 15) is 13.6 Å². The topological polar surface area (TPSA) is 35.6 Å². The van der Waals surface area contributed by atoms with Crippen LogP contribution in [0.5, 0.6) is 0 Å². The summed E-state index contributed by atoms with van der Waals surface area (Å²) in [5.41, 5.74) is -1.00. The number of likely N-dealkylation sites (tertiary alicyclic amines) is 1. The van der Waals surface area contributed by atoms with Crippen molar-refractivity contribution in [1.29, 1.82) is 0 Å². The highest BCUT2D eigenvalue weighted by molar-refractivity contribution is 5.79. The third-order valence-electron chi connectivity index (χ3n) is 3.38. The summed E-state index contributed by atoms with van der Waals surface area (Å²) in [6.45, 7) is 0.697. The molecule has 1 spiro atoms. The molecule has 0 radical (unpaired) electrons. The molecule has 6 heteroatoms. The monoisotopic (exact) mass is 233 g/mol. The standard InChI is InChI=1S/C10H17F2N3O/c1-14(2)3-8(16)15-6-9(7-15)4-13-5-10(9,11)12/h13H,3-7H2,1-2H3. The predicted molar refractivity (Wildman–Crippen MR) is 55.4 cm³/mol. The van der Waals surface area contributed by atoms with Crippen LogP contribution in [-0.2, 0) is 4.79 Å². The molecule has 0 saturated carbocycles. The SMILES string of the molecule is CN(C)CC(=O)N1CC2(CNCC2(F)F)C1. The van der Waals surface area contributed by atoms with Crippen LogP contribution >= 0.6 is 0 Å². The lowest BCUT2D eigenvalue weighted by molar-refractivity contribution is -0.173. The Morgan fingerprint density at radius 1 is 1.38 bits per heavy atom. The van der Waals surface area contributed by atoms with E-state index >= 15 is 0 Å². The zero-order chi connectivity index (χ0) is 12.0. The summed E-state index contributed by atoms with van der Waals surface area (Å²) < 4.78 is 27.1. The number of nitrogens with one attached hydrogen (secondary N) is 1. The summed E-state index contributed by atoms with van der Waals surface area (Å²) in [6, 6.07) is 0. The number of hydrogen-bond donors (Lipinski definition) is 1. The van der Waals surface area contributed by atoms with E-state index in [1.54, 1.807) is 19.0 Å². The smallest absolute Gasteiger partial charge is 0.270 e.